The molecule has 0 fully saturated rings. The SMILES string of the molecule is CCC1=NO[C@@H](CNC(=O)c2ccc(-n3cnnc3)nc2)C1. The summed E-state index contributed by atoms with van der Waals surface area (Å²) in [6, 6.07) is 3.45. The Morgan fingerprint density at radius 2 is 2.23 bits per heavy atom. The van der Waals surface area contributed by atoms with E-state index >= 15 is 0 Å². The van der Waals surface area contributed by atoms with Crippen LogP contribution in [0.1, 0.15) is 30.1 Å². The summed E-state index contributed by atoms with van der Waals surface area (Å²) in [5.41, 5.74) is 1.52. The number of hydrogen-bond acceptors (Lipinski definition) is 6. The van der Waals surface area contributed by atoms with E-state index in [1.165, 1.54) is 6.20 Å². The molecule has 3 heterocycles. The van der Waals surface area contributed by atoms with Crippen LogP contribution in [0.25, 0.3) is 5.82 Å². The van der Waals surface area contributed by atoms with Crippen molar-refractivity contribution in [1.82, 2.24) is 25.1 Å². The first-order valence-electron chi connectivity index (χ1n) is 7.07. The molecule has 8 nitrogen and oxygen atoms in total. The summed E-state index contributed by atoms with van der Waals surface area (Å²) in [5.74, 6) is 0.470. The van der Waals surface area contributed by atoms with Crippen molar-refractivity contribution in [2.45, 2.75) is 25.9 Å². The van der Waals surface area contributed by atoms with Crippen LogP contribution in [0, 0.1) is 0 Å². The van der Waals surface area contributed by atoms with Crippen LogP contribution in [0.3, 0.4) is 0 Å². The Labute approximate surface area is 127 Å². The third-order valence-electron chi connectivity index (χ3n) is 3.39. The molecule has 0 unspecified atom stereocenters. The normalized spacial score (nSPS) is 17.0. The summed E-state index contributed by atoms with van der Waals surface area (Å²) in [7, 11) is 0. The zero-order valence-corrected chi connectivity index (χ0v) is 12.1. The van der Waals surface area contributed by atoms with Crippen LogP contribution in [0.15, 0.2) is 36.1 Å². The van der Waals surface area contributed by atoms with Crippen molar-refractivity contribution in [2.75, 3.05) is 6.54 Å². The smallest absolute Gasteiger partial charge is 0.252 e. The molecule has 0 saturated carbocycles. The van der Waals surface area contributed by atoms with Gasteiger partial charge in [0.15, 0.2) is 0 Å². The maximum absolute atomic E-state index is 12.1. The fourth-order valence-corrected chi connectivity index (χ4v) is 2.11. The molecule has 0 bridgehead atoms. The van der Waals surface area contributed by atoms with Gasteiger partial charge in [-0.05, 0) is 18.6 Å². The Balaban J connectivity index is 1.54. The Bertz CT molecular complexity index is 665. The van der Waals surface area contributed by atoms with Crippen LogP contribution in [0.4, 0.5) is 0 Å². The van der Waals surface area contributed by atoms with Gasteiger partial charge in [-0.15, -0.1) is 10.2 Å². The molecule has 0 radical (unpaired) electrons. The third kappa shape index (κ3) is 3.11. The lowest BCUT2D eigenvalue weighted by Gasteiger charge is -2.10. The lowest BCUT2D eigenvalue weighted by molar-refractivity contribution is 0.0753. The summed E-state index contributed by atoms with van der Waals surface area (Å²) in [6.45, 7) is 2.46. The second-order valence-electron chi connectivity index (χ2n) is 4.93. The number of aromatic nitrogens is 4. The van der Waals surface area contributed by atoms with Crippen molar-refractivity contribution < 1.29 is 9.63 Å². The van der Waals surface area contributed by atoms with Crippen molar-refractivity contribution >= 4 is 11.6 Å². The summed E-state index contributed by atoms with van der Waals surface area (Å²) >= 11 is 0. The summed E-state index contributed by atoms with van der Waals surface area (Å²) in [4.78, 5) is 21.5. The summed E-state index contributed by atoms with van der Waals surface area (Å²) in [5, 5.41) is 14.2. The largest absolute Gasteiger partial charge is 0.390 e. The fourth-order valence-electron chi connectivity index (χ4n) is 2.11. The van der Waals surface area contributed by atoms with Gasteiger partial charge < -0.3 is 10.2 Å². The van der Waals surface area contributed by atoms with E-state index in [0.29, 0.717) is 17.9 Å². The van der Waals surface area contributed by atoms with Crippen LogP contribution < -0.4 is 5.32 Å². The molecule has 1 atom stereocenters. The van der Waals surface area contributed by atoms with Crippen LogP contribution in [0.2, 0.25) is 0 Å². The highest BCUT2D eigenvalue weighted by Crippen LogP contribution is 2.12. The monoisotopic (exact) mass is 300 g/mol. The molecular formula is C14H16N6O2. The highest BCUT2D eigenvalue weighted by Gasteiger charge is 2.20. The summed E-state index contributed by atoms with van der Waals surface area (Å²) in [6.07, 6.45) is 6.17. The molecule has 114 valence electrons. The third-order valence-corrected chi connectivity index (χ3v) is 3.39. The molecule has 0 saturated heterocycles. The first-order chi connectivity index (χ1) is 10.8. The molecule has 2 aromatic heterocycles. The highest BCUT2D eigenvalue weighted by atomic mass is 16.6. The Morgan fingerprint density at radius 1 is 1.41 bits per heavy atom. The maximum atomic E-state index is 12.1. The molecule has 1 aliphatic rings. The van der Waals surface area contributed by atoms with Gasteiger partial charge >= 0.3 is 0 Å². The molecule has 0 spiro atoms. The van der Waals surface area contributed by atoms with Gasteiger partial charge in [0.25, 0.3) is 5.91 Å². The number of nitrogens with zero attached hydrogens (tertiary/aromatic N) is 5. The predicted molar refractivity (Wildman–Crippen MR) is 78.7 cm³/mol. The quantitative estimate of drug-likeness (QED) is 0.887. The van der Waals surface area contributed by atoms with Crippen LogP contribution in [0.5, 0.6) is 0 Å². The van der Waals surface area contributed by atoms with E-state index in [0.717, 1.165) is 18.6 Å². The minimum absolute atomic E-state index is 0.0804. The average molecular weight is 300 g/mol. The average Bonchev–Trinajstić information content (AvgIpc) is 3.24. The molecule has 2 aromatic rings. The van der Waals surface area contributed by atoms with Gasteiger partial charge in [-0.2, -0.15) is 0 Å². The van der Waals surface area contributed by atoms with Crippen molar-refractivity contribution in [3.63, 3.8) is 0 Å². The number of pyridine rings is 1. The molecule has 0 aliphatic carbocycles. The van der Waals surface area contributed by atoms with Gasteiger partial charge in [0, 0.05) is 12.6 Å². The number of rotatable bonds is 5. The van der Waals surface area contributed by atoms with Gasteiger partial charge in [-0.3, -0.25) is 9.36 Å². The van der Waals surface area contributed by atoms with E-state index in [1.807, 2.05) is 6.92 Å². The number of carbonyl (C=O) groups is 1. The number of hydrogen-bond donors (Lipinski definition) is 1. The predicted octanol–water partition coefficient (Wildman–Crippen LogP) is 0.947. The van der Waals surface area contributed by atoms with Gasteiger partial charge in [-0.25, -0.2) is 4.98 Å². The van der Waals surface area contributed by atoms with Crippen LogP contribution in [-0.2, 0) is 4.84 Å². The highest BCUT2D eigenvalue weighted by molar-refractivity contribution is 5.94. The van der Waals surface area contributed by atoms with Gasteiger partial charge in [0.2, 0.25) is 0 Å². The van der Waals surface area contributed by atoms with E-state index in [9.17, 15) is 4.79 Å². The zero-order valence-electron chi connectivity index (χ0n) is 12.1. The number of nitrogens with one attached hydrogen (secondary N) is 1. The molecule has 0 aromatic carbocycles. The molecular weight excluding hydrogens is 284 g/mol. The van der Waals surface area contributed by atoms with E-state index in [1.54, 1.807) is 29.4 Å². The lowest BCUT2D eigenvalue weighted by atomic mass is 10.1. The Hall–Kier alpha value is -2.77. The molecule has 22 heavy (non-hydrogen) atoms. The van der Waals surface area contributed by atoms with Crippen molar-refractivity contribution in [3.8, 4) is 5.82 Å². The fraction of sp³-hybridized carbons (Fsp3) is 0.357. The first kappa shape index (κ1) is 14.2. The Morgan fingerprint density at radius 3 is 2.86 bits per heavy atom. The van der Waals surface area contributed by atoms with Crippen molar-refractivity contribution in [3.05, 3.63) is 36.5 Å². The zero-order chi connectivity index (χ0) is 15.4. The maximum Gasteiger partial charge on any atom is 0.252 e. The lowest BCUT2D eigenvalue weighted by Crippen LogP contribution is -2.32. The van der Waals surface area contributed by atoms with Crippen molar-refractivity contribution in [2.24, 2.45) is 5.16 Å². The molecule has 1 N–H and O–H groups in total. The minimum atomic E-state index is -0.184. The second-order valence-corrected chi connectivity index (χ2v) is 4.93. The molecule has 1 aliphatic heterocycles. The minimum Gasteiger partial charge on any atom is -0.390 e. The van der Waals surface area contributed by atoms with Gasteiger partial charge in [0.1, 0.15) is 24.6 Å². The topological polar surface area (TPSA) is 94.3 Å². The number of oxime groups is 1. The van der Waals surface area contributed by atoms with E-state index < -0.39 is 0 Å². The van der Waals surface area contributed by atoms with Gasteiger partial charge in [-0.1, -0.05) is 12.1 Å². The standard InChI is InChI=1S/C14H16N6O2/c1-2-11-5-12(22-19-11)7-16-14(21)10-3-4-13(15-6-10)20-8-17-18-9-20/h3-4,6,8-9,12H,2,5,7H2,1H3,(H,16,21)/t12-/m1/s1. The summed E-state index contributed by atoms with van der Waals surface area (Å²) < 4.78 is 1.66. The van der Waals surface area contributed by atoms with Crippen LogP contribution in [-0.4, -0.2) is 44.0 Å². The molecule has 8 heteroatoms. The van der Waals surface area contributed by atoms with E-state index in [2.05, 4.69) is 25.7 Å². The Kier molecular flexibility index (Phi) is 4.08. The van der Waals surface area contributed by atoms with E-state index in [-0.39, 0.29) is 12.0 Å². The van der Waals surface area contributed by atoms with Gasteiger partial charge in [0.05, 0.1) is 17.8 Å². The van der Waals surface area contributed by atoms with E-state index in [4.69, 9.17) is 4.84 Å². The second kappa shape index (κ2) is 6.33. The molecule has 1 amide bonds. The molecule has 3 rings (SSSR count). The van der Waals surface area contributed by atoms with Crippen molar-refractivity contribution in [1.29, 1.82) is 0 Å². The first-order valence-corrected chi connectivity index (χ1v) is 7.07. The number of amides is 1. The van der Waals surface area contributed by atoms with Crippen LogP contribution >= 0.6 is 0 Å². The number of carbonyl (C=O) groups excluding carboxylic acids is 1.